The second-order valence-electron chi connectivity index (χ2n) is 2.77. The molecule has 0 N–H and O–H groups in total. The average molecular weight is 243 g/mol. The molecule has 0 unspecified atom stereocenters. The number of aromatic nitrogens is 4. The van der Waals surface area contributed by atoms with Gasteiger partial charge in [-0.25, -0.2) is 4.98 Å². The smallest absolute Gasteiger partial charge is 0.265 e. The van der Waals surface area contributed by atoms with Gasteiger partial charge in [0.15, 0.2) is 5.65 Å². The molecule has 0 aliphatic rings. The summed E-state index contributed by atoms with van der Waals surface area (Å²) in [6.07, 6.45) is 1.46. The van der Waals surface area contributed by atoms with Gasteiger partial charge in [0.2, 0.25) is 0 Å². The van der Waals surface area contributed by atoms with Crippen LogP contribution in [-0.2, 0) is 14.1 Å². The van der Waals surface area contributed by atoms with Crippen LogP contribution in [0.3, 0.4) is 0 Å². The Labute approximate surface area is 82.1 Å². The minimum atomic E-state index is -0.0926. The van der Waals surface area contributed by atoms with Crippen LogP contribution in [0.4, 0.5) is 0 Å². The van der Waals surface area contributed by atoms with Crippen LogP contribution in [0.1, 0.15) is 0 Å². The second kappa shape index (κ2) is 2.66. The fraction of sp³-hybridized carbons (Fsp3) is 0.286. The fourth-order valence-electron chi connectivity index (χ4n) is 1.13. The largest absolute Gasteiger partial charge is 0.302 e. The number of halogens is 1. The van der Waals surface area contributed by atoms with Crippen molar-refractivity contribution in [1.82, 2.24) is 19.3 Å². The maximum atomic E-state index is 11.6. The summed E-state index contributed by atoms with van der Waals surface area (Å²) in [5, 5.41) is 4.58. The maximum absolute atomic E-state index is 11.6. The third kappa shape index (κ3) is 1.09. The summed E-state index contributed by atoms with van der Waals surface area (Å²) in [6, 6.07) is 0. The summed E-state index contributed by atoms with van der Waals surface area (Å²) in [6.45, 7) is 0. The van der Waals surface area contributed by atoms with Gasteiger partial charge in [-0.05, 0) is 15.9 Å². The van der Waals surface area contributed by atoms with Gasteiger partial charge in [-0.2, -0.15) is 5.10 Å². The van der Waals surface area contributed by atoms with Crippen molar-refractivity contribution in [3.8, 4) is 0 Å². The molecule has 2 aromatic heterocycles. The monoisotopic (exact) mass is 242 g/mol. The number of nitrogens with zero attached hydrogens (tertiary/aromatic N) is 4. The van der Waals surface area contributed by atoms with Gasteiger partial charge in [-0.15, -0.1) is 0 Å². The van der Waals surface area contributed by atoms with Crippen molar-refractivity contribution in [2.45, 2.75) is 0 Å². The molecule has 0 saturated carbocycles. The number of aryl methyl sites for hydroxylation is 2. The molecule has 0 fully saturated rings. The van der Waals surface area contributed by atoms with E-state index in [4.69, 9.17) is 0 Å². The summed E-state index contributed by atoms with van der Waals surface area (Å²) >= 11 is 3.28. The molecule has 0 spiro atoms. The normalized spacial score (nSPS) is 11.0. The lowest BCUT2D eigenvalue weighted by Gasteiger charge is -1.93. The predicted molar refractivity (Wildman–Crippen MR) is 51.5 cm³/mol. The molecule has 2 aromatic rings. The molecule has 0 amide bonds. The van der Waals surface area contributed by atoms with E-state index in [1.54, 1.807) is 18.8 Å². The molecule has 2 rings (SSSR count). The van der Waals surface area contributed by atoms with Gasteiger partial charge in [-0.3, -0.25) is 9.48 Å². The fourth-order valence-corrected chi connectivity index (χ4v) is 1.56. The molecule has 5 nitrogen and oxygen atoms in total. The van der Waals surface area contributed by atoms with Crippen molar-refractivity contribution in [1.29, 1.82) is 0 Å². The zero-order valence-corrected chi connectivity index (χ0v) is 8.74. The minimum Gasteiger partial charge on any atom is -0.302 e. The summed E-state index contributed by atoms with van der Waals surface area (Å²) in [4.78, 5) is 15.6. The van der Waals surface area contributed by atoms with E-state index in [0.717, 1.165) is 0 Å². The predicted octanol–water partition coefficient (Wildman–Crippen LogP) is 0.430. The summed E-state index contributed by atoms with van der Waals surface area (Å²) in [5.41, 5.74) is 0.377. The molecule has 0 bridgehead atoms. The molecule has 13 heavy (non-hydrogen) atoms. The molecule has 0 aliphatic heterocycles. The van der Waals surface area contributed by atoms with E-state index in [0.29, 0.717) is 15.6 Å². The lowest BCUT2D eigenvalue weighted by molar-refractivity contribution is 0.757. The molecule has 0 radical (unpaired) electrons. The first-order chi connectivity index (χ1) is 6.11. The molecule has 0 atom stereocenters. The average Bonchev–Trinajstić information content (AvgIpc) is 2.37. The molecule has 0 aliphatic carbocycles. The number of hydrogen-bond donors (Lipinski definition) is 0. The van der Waals surface area contributed by atoms with Crippen LogP contribution in [0.2, 0.25) is 0 Å². The van der Waals surface area contributed by atoms with Gasteiger partial charge in [0.05, 0.1) is 6.33 Å². The molecule has 0 aromatic carbocycles. The van der Waals surface area contributed by atoms with Crippen molar-refractivity contribution >= 4 is 27.0 Å². The van der Waals surface area contributed by atoms with Crippen LogP contribution in [-0.4, -0.2) is 19.3 Å². The first kappa shape index (κ1) is 8.43. The minimum absolute atomic E-state index is 0.0926. The van der Waals surface area contributed by atoms with E-state index < -0.39 is 0 Å². The van der Waals surface area contributed by atoms with Gasteiger partial charge < -0.3 is 4.57 Å². The highest BCUT2D eigenvalue weighted by Gasteiger charge is 2.11. The van der Waals surface area contributed by atoms with Crippen LogP contribution >= 0.6 is 15.9 Å². The van der Waals surface area contributed by atoms with E-state index in [1.807, 2.05) is 0 Å². The zero-order valence-electron chi connectivity index (χ0n) is 7.15. The number of fused-ring (bicyclic) bond motifs is 1. The quantitative estimate of drug-likeness (QED) is 0.674. The van der Waals surface area contributed by atoms with Crippen molar-refractivity contribution in [3.63, 3.8) is 0 Å². The highest BCUT2D eigenvalue weighted by molar-refractivity contribution is 9.10. The Morgan fingerprint density at radius 2 is 2.15 bits per heavy atom. The highest BCUT2D eigenvalue weighted by Crippen LogP contribution is 2.16. The Balaban J connectivity index is 3.06. The lowest BCUT2D eigenvalue weighted by Crippen LogP contribution is -2.16. The van der Waals surface area contributed by atoms with Crippen LogP contribution in [0.5, 0.6) is 0 Å². The van der Waals surface area contributed by atoms with Crippen molar-refractivity contribution < 1.29 is 0 Å². The zero-order chi connectivity index (χ0) is 9.59. The van der Waals surface area contributed by atoms with E-state index >= 15 is 0 Å². The van der Waals surface area contributed by atoms with Gasteiger partial charge in [-0.1, -0.05) is 0 Å². The number of hydrogen-bond acceptors (Lipinski definition) is 3. The summed E-state index contributed by atoms with van der Waals surface area (Å²) in [5.74, 6) is 0. The van der Waals surface area contributed by atoms with Crippen molar-refractivity contribution in [3.05, 3.63) is 21.3 Å². The second-order valence-corrected chi connectivity index (χ2v) is 3.52. The molecule has 68 valence electrons. The Morgan fingerprint density at radius 1 is 1.46 bits per heavy atom. The van der Waals surface area contributed by atoms with E-state index in [9.17, 15) is 4.79 Å². The summed E-state index contributed by atoms with van der Waals surface area (Å²) < 4.78 is 3.67. The van der Waals surface area contributed by atoms with Gasteiger partial charge in [0.1, 0.15) is 9.99 Å². The van der Waals surface area contributed by atoms with E-state index in [-0.39, 0.29) is 5.56 Å². The Bertz CT molecular complexity index is 527. The lowest BCUT2D eigenvalue weighted by atomic mass is 10.4. The topological polar surface area (TPSA) is 52.7 Å². The van der Waals surface area contributed by atoms with Crippen LogP contribution in [0, 0.1) is 0 Å². The molecule has 2 heterocycles. The van der Waals surface area contributed by atoms with Gasteiger partial charge >= 0.3 is 0 Å². The standard InChI is InChI=1S/C7H7BrN4O/c1-11-3-9-6-4(7(11)13)5(8)12(2)10-6/h3H,1-2H3. The SMILES string of the molecule is Cn1nc2ncn(C)c(=O)c2c1Br. The third-order valence-electron chi connectivity index (χ3n) is 1.85. The van der Waals surface area contributed by atoms with Crippen LogP contribution in [0.15, 0.2) is 15.7 Å². The van der Waals surface area contributed by atoms with Gasteiger partial charge in [0, 0.05) is 14.1 Å². The van der Waals surface area contributed by atoms with E-state index in [2.05, 4.69) is 26.0 Å². The van der Waals surface area contributed by atoms with Crippen molar-refractivity contribution in [2.24, 2.45) is 14.1 Å². The van der Waals surface area contributed by atoms with Gasteiger partial charge in [0.25, 0.3) is 5.56 Å². The first-order valence-corrected chi connectivity index (χ1v) is 4.44. The Kier molecular flexibility index (Phi) is 1.73. The molecule has 0 saturated heterocycles. The van der Waals surface area contributed by atoms with E-state index in [1.165, 1.54) is 10.9 Å². The van der Waals surface area contributed by atoms with Crippen LogP contribution in [0.25, 0.3) is 11.0 Å². The number of rotatable bonds is 0. The highest BCUT2D eigenvalue weighted by atomic mass is 79.9. The Hall–Kier alpha value is -1.17. The van der Waals surface area contributed by atoms with Crippen LogP contribution < -0.4 is 5.56 Å². The molecular weight excluding hydrogens is 236 g/mol. The molecular formula is C7H7BrN4O. The third-order valence-corrected chi connectivity index (χ3v) is 2.76. The Morgan fingerprint density at radius 3 is 2.85 bits per heavy atom. The van der Waals surface area contributed by atoms with Crippen molar-refractivity contribution in [2.75, 3.05) is 0 Å². The first-order valence-electron chi connectivity index (χ1n) is 3.65. The summed E-state index contributed by atoms with van der Waals surface area (Å²) in [7, 11) is 3.42. The molecule has 6 heteroatoms. The maximum Gasteiger partial charge on any atom is 0.265 e.